The Labute approximate surface area is 107 Å². The predicted molar refractivity (Wildman–Crippen MR) is 73.4 cm³/mol. The standard InChI is InChI=1S/C14H30N2O/c1-11(2)12-8-15-13(3,4)9-16(12)14(5,6)10-17-7/h11-12,15H,8-10H2,1-7H3. The molecule has 0 saturated carbocycles. The van der Waals surface area contributed by atoms with Crippen LogP contribution < -0.4 is 5.32 Å². The summed E-state index contributed by atoms with van der Waals surface area (Å²) in [5, 5.41) is 3.65. The first-order chi connectivity index (χ1) is 7.69. The number of nitrogens with one attached hydrogen (secondary N) is 1. The topological polar surface area (TPSA) is 24.5 Å². The fourth-order valence-corrected chi connectivity index (χ4v) is 2.78. The summed E-state index contributed by atoms with van der Waals surface area (Å²) < 4.78 is 5.39. The van der Waals surface area contributed by atoms with Crippen molar-refractivity contribution in [2.45, 2.75) is 58.7 Å². The Morgan fingerprint density at radius 2 is 2.00 bits per heavy atom. The average Bonchev–Trinajstić information content (AvgIpc) is 2.15. The monoisotopic (exact) mass is 242 g/mol. The summed E-state index contributed by atoms with van der Waals surface area (Å²) in [7, 11) is 1.79. The summed E-state index contributed by atoms with van der Waals surface area (Å²) in [4.78, 5) is 2.62. The molecule has 0 aromatic heterocycles. The minimum absolute atomic E-state index is 0.100. The van der Waals surface area contributed by atoms with E-state index in [1.54, 1.807) is 7.11 Å². The largest absolute Gasteiger partial charge is 0.383 e. The van der Waals surface area contributed by atoms with Crippen LogP contribution in [0.1, 0.15) is 41.5 Å². The summed E-state index contributed by atoms with van der Waals surface area (Å²) in [5.41, 5.74) is 0.291. The fourth-order valence-electron chi connectivity index (χ4n) is 2.78. The van der Waals surface area contributed by atoms with Crippen molar-refractivity contribution in [1.29, 1.82) is 0 Å². The Bertz CT molecular complexity index is 249. The van der Waals surface area contributed by atoms with Crippen molar-refractivity contribution < 1.29 is 4.74 Å². The first kappa shape index (κ1) is 14.9. The van der Waals surface area contributed by atoms with Gasteiger partial charge in [-0.25, -0.2) is 0 Å². The average molecular weight is 242 g/mol. The van der Waals surface area contributed by atoms with E-state index < -0.39 is 0 Å². The zero-order valence-electron chi connectivity index (χ0n) is 12.6. The molecule has 1 rings (SSSR count). The van der Waals surface area contributed by atoms with Crippen molar-refractivity contribution in [1.82, 2.24) is 10.2 Å². The molecule has 1 saturated heterocycles. The van der Waals surface area contributed by atoms with Crippen LogP contribution in [0.5, 0.6) is 0 Å². The quantitative estimate of drug-likeness (QED) is 0.817. The van der Waals surface area contributed by atoms with Gasteiger partial charge in [-0.3, -0.25) is 4.90 Å². The molecule has 0 amide bonds. The molecule has 1 aliphatic heterocycles. The van der Waals surface area contributed by atoms with Crippen LogP contribution in [-0.2, 0) is 4.74 Å². The van der Waals surface area contributed by atoms with E-state index >= 15 is 0 Å². The van der Waals surface area contributed by atoms with Gasteiger partial charge in [-0.1, -0.05) is 13.8 Å². The molecule has 0 aromatic rings. The van der Waals surface area contributed by atoms with Gasteiger partial charge in [-0.05, 0) is 33.6 Å². The predicted octanol–water partition coefficient (Wildman–Crippen LogP) is 2.12. The highest BCUT2D eigenvalue weighted by atomic mass is 16.5. The molecule has 0 aliphatic carbocycles. The van der Waals surface area contributed by atoms with Crippen LogP contribution in [0.3, 0.4) is 0 Å². The minimum atomic E-state index is 0.100. The van der Waals surface area contributed by atoms with E-state index in [9.17, 15) is 0 Å². The molecule has 3 heteroatoms. The SMILES string of the molecule is COCC(C)(C)N1CC(C)(C)NCC1C(C)C. The van der Waals surface area contributed by atoms with Gasteiger partial charge in [0.25, 0.3) is 0 Å². The van der Waals surface area contributed by atoms with Gasteiger partial charge in [0.05, 0.1) is 6.61 Å². The third-order valence-electron chi connectivity index (χ3n) is 3.80. The highest BCUT2D eigenvalue weighted by Gasteiger charge is 2.41. The van der Waals surface area contributed by atoms with Crippen molar-refractivity contribution in [3.05, 3.63) is 0 Å². The van der Waals surface area contributed by atoms with Gasteiger partial charge >= 0.3 is 0 Å². The Hall–Kier alpha value is -0.120. The second-order valence-corrected chi connectivity index (χ2v) is 6.95. The molecule has 1 N–H and O–H groups in total. The van der Waals surface area contributed by atoms with Crippen LogP contribution in [0.15, 0.2) is 0 Å². The van der Waals surface area contributed by atoms with Crippen molar-refractivity contribution in [3.63, 3.8) is 0 Å². The molecule has 102 valence electrons. The molecule has 1 unspecified atom stereocenters. The second-order valence-electron chi connectivity index (χ2n) is 6.95. The molecule has 0 bridgehead atoms. The van der Waals surface area contributed by atoms with E-state index in [-0.39, 0.29) is 11.1 Å². The maximum absolute atomic E-state index is 5.39. The highest BCUT2D eigenvalue weighted by molar-refractivity contribution is 4.99. The molecule has 1 atom stereocenters. The zero-order chi connectivity index (χ0) is 13.3. The van der Waals surface area contributed by atoms with E-state index in [0.29, 0.717) is 12.0 Å². The summed E-state index contributed by atoms with van der Waals surface area (Å²) in [5.74, 6) is 0.662. The number of piperazine rings is 1. The molecule has 1 fully saturated rings. The van der Waals surface area contributed by atoms with Gasteiger partial charge in [0.1, 0.15) is 0 Å². The van der Waals surface area contributed by atoms with Gasteiger partial charge in [0.2, 0.25) is 0 Å². The van der Waals surface area contributed by atoms with Crippen LogP contribution in [0.2, 0.25) is 0 Å². The molecule has 0 aromatic carbocycles. The van der Waals surface area contributed by atoms with Gasteiger partial charge in [-0.15, -0.1) is 0 Å². The number of ether oxygens (including phenoxy) is 1. The fraction of sp³-hybridized carbons (Fsp3) is 1.00. The first-order valence-corrected chi connectivity index (χ1v) is 6.70. The van der Waals surface area contributed by atoms with Crippen LogP contribution in [0, 0.1) is 5.92 Å². The van der Waals surface area contributed by atoms with E-state index in [2.05, 4.69) is 51.8 Å². The Kier molecular flexibility index (Phi) is 4.61. The van der Waals surface area contributed by atoms with Gasteiger partial charge in [0.15, 0.2) is 0 Å². The lowest BCUT2D eigenvalue weighted by molar-refractivity contribution is -0.0433. The van der Waals surface area contributed by atoms with Crippen molar-refractivity contribution >= 4 is 0 Å². The minimum Gasteiger partial charge on any atom is -0.383 e. The van der Waals surface area contributed by atoms with Crippen LogP contribution in [0.25, 0.3) is 0 Å². The lowest BCUT2D eigenvalue weighted by Gasteiger charge is -2.52. The van der Waals surface area contributed by atoms with Crippen molar-refractivity contribution in [3.8, 4) is 0 Å². The molecule has 3 nitrogen and oxygen atoms in total. The van der Waals surface area contributed by atoms with Gasteiger partial charge in [-0.2, -0.15) is 0 Å². The molecule has 1 aliphatic rings. The van der Waals surface area contributed by atoms with Crippen molar-refractivity contribution in [2.75, 3.05) is 26.8 Å². The van der Waals surface area contributed by atoms with E-state index in [1.165, 1.54) is 0 Å². The van der Waals surface area contributed by atoms with E-state index in [1.807, 2.05) is 0 Å². The third kappa shape index (κ3) is 3.67. The maximum Gasteiger partial charge on any atom is 0.0641 e. The van der Waals surface area contributed by atoms with Crippen LogP contribution in [-0.4, -0.2) is 48.8 Å². The lowest BCUT2D eigenvalue weighted by Crippen LogP contribution is -2.68. The number of methoxy groups -OCH3 is 1. The Morgan fingerprint density at radius 3 is 2.47 bits per heavy atom. The van der Waals surface area contributed by atoms with Crippen LogP contribution in [0.4, 0.5) is 0 Å². The van der Waals surface area contributed by atoms with E-state index in [0.717, 1.165) is 19.7 Å². The first-order valence-electron chi connectivity index (χ1n) is 6.70. The number of hydrogen-bond donors (Lipinski definition) is 1. The van der Waals surface area contributed by atoms with E-state index in [4.69, 9.17) is 4.74 Å². The molecular weight excluding hydrogens is 212 g/mol. The normalized spacial score (nSPS) is 26.5. The maximum atomic E-state index is 5.39. The third-order valence-corrected chi connectivity index (χ3v) is 3.80. The summed E-state index contributed by atoms with van der Waals surface area (Å²) in [6.07, 6.45) is 0. The lowest BCUT2D eigenvalue weighted by atomic mass is 9.88. The number of hydrogen-bond acceptors (Lipinski definition) is 3. The van der Waals surface area contributed by atoms with Gasteiger partial charge < -0.3 is 10.1 Å². The number of rotatable bonds is 4. The summed E-state index contributed by atoms with van der Waals surface area (Å²) in [6, 6.07) is 0.591. The molecule has 0 radical (unpaired) electrons. The Morgan fingerprint density at radius 1 is 1.41 bits per heavy atom. The van der Waals surface area contributed by atoms with Crippen LogP contribution >= 0.6 is 0 Å². The van der Waals surface area contributed by atoms with Gasteiger partial charge in [0, 0.05) is 37.3 Å². The summed E-state index contributed by atoms with van der Waals surface area (Å²) >= 11 is 0. The summed E-state index contributed by atoms with van der Waals surface area (Å²) in [6.45, 7) is 16.7. The molecule has 17 heavy (non-hydrogen) atoms. The number of nitrogens with zero attached hydrogens (tertiary/aromatic N) is 1. The Balaban J connectivity index is 2.87. The molecular formula is C14H30N2O. The zero-order valence-corrected chi connectivity index (χ0v) is 12.6. The molecule has 0 spiro atoms. The smallest absolute Gasteiger partial charge is 0.0641 e. The van der Waals surface area contributed by atoms with Crippen molar-refractivity contribution in [2.24, 2.45) is 5.92 Å². The molecule has 1 heterocycles. The second kappa shape index (κ2) is 5.25. The highest BCUT2D eigenvalue weighted by Crippen LogP contribution is 2.28.